The molecule has 1 atom stereocenters. The summed E-state index contributed by atoms with van der Waals surface area (Å²) in [5.41, 5.74) is 7.39. The molecule has 2 rings (SSSR count). The molecular formula is C14H20N2O2. The van der Waals surface area contributed by atoms with Gasteiger partial charge < -0.3 is 15.4 Å². The van der Waals surface area contributed by atoms with Gasteiger partial charge in [0, 0.05) is 25.8 Å². The molecule has 1 aliphatic heterocycles. The Kier molecular flexibility index (Phi) is 4.33. The van der Waals surface area contributed by atoms with Crippen LogP contribution >= 0.6 is 0 Å². The van der Waals surface area contributed by atoms with Crippen molar-refractivity contribution in [3.8, 4) is 0 Å². The highest BCUT2D eigenvalue weighted by Crippen LogP contribution is 2.18. The predicted octanol–water partition coefficient (Wildman–Crippen LogP) is 1.05. The summed E-state index contributed by atoms with van der Waals surface area (Å²) >= 11 is 0. The van der Waals surface area contributed by atoms with Crippen molar-refractivity contribution in [1.29, 1.82) is 0 Å². The zero-order valence-electron chi connectivity index (χ0n) is 10.8. The smallest absolute Gasteiger partial charge is 0.254 e. The van der Waals surface area contributed by atoms with Crippen LogP contribution in [0, 0.1) is 0 Å². The van der Waals surface area contributed by atoms with Gasteiger partial charge in [-0.3, -0.25) is 4.79 Å². The fourth-order valence-corrected chi connectivity index (χ4v) is 2.38. The van der Waals surface area contributed by atoms with E-state index in [1.807, 2.05) is 29.2 Å². The van der Waals surface area contributed by atoms with Gasteiger partial charge in [0.2, 0.25) is 0 Å². The molecule has 1 saturated heterocycles. The zero-order chi connectivity index (χ0) is 13.0. The minimum atomic E-state index is 0.0959. The monoisotopic (exact) mass is 248 g/mol. The first-order valence-electron chi connectivity index (χ1n) is 6.36. The van der Waals surface area contributed by atoms with Crippen LogP contribution in [0.3, 0.4) is 0 Å². The second-order valence-electron chi connectivity index (χ2n) is 4.59. The van der Waals surface area contributed by atoms with Gasteiger partial charge in [-0.1, -0.05) is 18.2 Å². The standard InChI is InChI=1S/C14H20N2O2/c1-18-12-7-9-16(10-12)14(17)13-5-3-2-4-11(13)6-8-15/h2-5,12H,6-10,15H2,1H3. The lowest BCUT2D eigenvalue weighted by molar-refractivity contribution is 0.0723. The van der Waals surface area contributed by atoms with Gasteiger partial charge >= 0.3 is 0 Å². The second-order valence-corrected chi connectivity index (χ2v) is 4.59. The molecule has 0 aliphatic carbocycles. The molecule has 1 aromatic carbocycles. The number of hydrogen-bond donors (Lipinski definition) is 1. The number of carbonyl (C=O) groups excluding carboxylic acids is 1. The average molecular weight is 248 g/mol. The predicted molar refractivity (Wildman–Crippen MR) is 70.5 cm³/mol. The van der Waals surface area contributed by atoms with E-state index in [-0.39, 0.29) is 12.0 Å². The number of benzene rings is 1. The van der Waals surface area contributed by atoms with E-state index in [2.05, 4.69) is 0 Å². The Morgan fingerprint density at radius 2 is 2.28 bits per heavy atom. The quantitative estimate of drug-likeness (QED) is 0.866. The van der Waals surface area contributed by atoms with E-state index in [1.165, 1.54) is 0 Å². The number of amides is 1. The number of methoxy groups -OCH3 is 1. The molecule has 1 unspecified atom stereocenters. The molecular weight excluding hydrogens is 228 g/mol. The summed E-state index contributed by atoms with van der Waals surface area (Å²) in [5.74, 6) is 0.0959. The van der Waals surface area contributed by atoms with Crippen LogP contribution in [-0.4, -0.2) is 43.7 Å². The molecule has 1 heterocycles. The Labute approximate surface area is 108 Å². The van der Waals surface area contributed by atoms with Crippen LogP contribution in [0.4, 0.5) is 0 Å². The number of hydrogen-bond acceptors (Lipinski definition) is 3. The highest BCUT2D eigenvalue weighted by atomic mass is 16.5. The van der Waals surface area contributed by atoms with E-state index in [9.17, 15) is 4.79 Å². The topological polar surface area (TPSA) is 55.6 Å². The first-order chi connectivity index (χ1) is 8.76. The van der Waals surface area contributed by atoms with Crippen molar-refractivity contribution in [3.63, 3.8) is 0 Å². The van der Waals surface area contributed by atoms with Crippen LogP contribution in [0.1, 0.15) is 22.3 Å². The number of nitrogens with zero attached hydrogens (tertiary/aromatic N) is 1. The molecule has 4 nitrogen and oxygen atoms in total. The van der Waals surface area contributed by atoms with E-state index in [0.717, 1.165) is 30.5 Å². The van der Waals surface area contributed by atoms with Crippen LogP contribution in [0.25, 0.3) is 0 Å². The fraction of sp³-hybridized carbons (Fsp3) is 0.500. The molecule has 1 aliphatic rings. The molecule has 2 N–H and O–H groups in total. The molecule has 0 spiro atoms. The Morgan fingerprint density at radius 3 is 2.94 bits per heavy atom. The van der Waals surface area contributed by atoms with Crippen molar-refractivity contribution in [2.45, 2.75) is 18.9 Å². The summed E-state index contributed by atoms with van der Waals surface area (Å²) in [7, 11) is 1.70. The van der Waals surface area contributed by atoms with E-state index in [0.29, 0.717) is 13.1 Å². The minimum absolute atomic E-state index is 0.0959. The van der Waals surface area contributed by atoms with Crippen LogP contribution in [-0.2, 0) is 11.2 Å². The van der Waals surface area contributed by atoms with E-state index < -0.39 is 0 Å². The van der Waals surface area contributed by atoms with E-state index in [1.54, 1.807) is 7.11 Å². The first-order valence-corrected chi connectivity index (χ1v) is 6.36. The number of carbonyl (C=O) groups is 1. The largest absolute Gasteiger partial charge is 0.380 e. The third-order valence-electron chi connectivity index (χ3n) is 3.43. The number of ether oxygens (including phenoxy) is 1. The highest BCUT2D eigenvalue weighted by Gasteiger charge is 2.27. The molecule has 98 valence electrons. The third kappa shape index (κ3) is 2.71. The van der Waals surface area contributed by atoms with Crippen molar-refractivity contribution in [3.05, 3.63) is 35.4 Å². The summed E-state index contributed by atoms with van der Waals surface area (Å²) < 4.78 is 5.29. The molecule has 1 aromatic rings. The van der Waals surface area contributed by atoms with Gasteiger partial charge in [0.15, 0.2) is 0 Å². The van der Waals surface area contributed by atoms with E-state index in [4.69, 9.17) is 10.5 Å². The van der Waals surface area contributed by atoms with Crippen LogP contribution in [0.15, 0.2) is 24.3 Å². The Bertz CT molecular complexity index is 420. The van der Waals surface area contributed by atoms with Gasteiger partial charge in [-0.2, -0.15) is 0 Å². The molecule has 0 radical (unpaired) electrons. The molecule has 0 aromatic heterocycles. The van der Waals surface area contributed by atoms with Gasteiger partial charge in [-0.25, -0.2) is 0 Å². The van der Waals surface area contributed by atoms with Crippen LogP contribution < -0.4 is 5.73 Å². The number of likely N-dealkylation sites (tertiary alicyclic amines) is 1. The Balaban J connectivity index is 2.14. The van der Waals surface area contributed by atoms with Gasteiger partial charge in [0.05, 0.1) is 6.10 Å². The van der Waals surface area contributed by atoms with Crippen molar-refractivity contribution in [2.24, 2.45) is 5.73 Å². The molecule has 1 amide bonds. The van der Waals surface area contributed by atoms with Gasteiger partial charge in [-0.15, -0.1) is 0 Å². The van der Waals surface area contributed by atoms with Crippen molar-refractivity contribution in [1.82, 2.24) is 4.90 Å². The third-order valence-corrected chi connectivity index (χ3v) is 3.43. The van der Waals surface area contributed by atoms with Gasteiger partial charge in [0.25, 0.3) is 5.91 Å². The molecule has 0 bridgehead atoms. The SMILES string of the molecule is COC1CCN(C(=O)c2ccccc2CCN)C1. The number of rotatable bonds is 4. The van der Waals surface area contributed by atoms with E-state index >= 15 is 0 Å². The summed E-state index contributed by atoms with van der Waals surface area (Å²) in [6.07, 6.45) is 1.83. The number of nitrogens with two attached hydrogens (primary N) is 1. The summed E-state index contributed by atoms with van der Waals surface area (Å²) in [6, 6.07) is 7.71. The molecule has 1 fully saturated rings. The maximum Gasteiger partial charge on any atom is 0.254 e. The van der Waals surface area contributed by atoms with Gasteiger partial charge in [0.1, 0.15) is 0 Å². The first kappa shape index (κ1) is 13.1. The summed E-state index contributed by atoms with van der Waals surface area (Å²) in [4.78, 5) is 14.3. The fourth-order valence-electron chi connectivity index (χ4n) is 2.38. The lowest BCUT2D eigenvalue weighted by atomic mass is 10.0. The summed E-state index contributed by atoms with van der Waals surface area (Å²) in [5, 5.41) is 0. The lowest BCUT2D eigenvalue weighted by Gasteiger charge is -2.18. The zero-order valence-corrected chi connectivity index (χ0v) is 10.8. The molecule has 0 saturated carbocycles. The normalized spacial score (nSPS) is 19.2. The lowest BCUT2D eigenvalue weighted by Crippen LogP contribution is -2.30. The second kappa shape index (κ2) is 5.98. The van der Waals surface area contributed by atoms with Crippen molar-refractivity contribution >= 4 is 5.91 Å². The van der Waals surface area contributed by atoms with Crippen LogP contribution in [0.2, 0.25) is 0 Å². The highest BCUT2D eigenvalue weighted by molar-refractivity contribution is 5.95. The van der Waals surface area contributed by atoms with Crippen LogP contribution in [0.5, 0.6) is 0 Å². The minimum Gasteiger partial charge on any atom is -0.380 e. The maximum atomic E-state index is 12.4. The Hall–Kier alpha value is -1.39. The Morgan fingerprint density at radius 1 is 1.50 bits per heavy atom. The molecule has 4 heteroatoms. The summed E-state index contributed by atoms with van der Waals surface area (Å²) in [6.45, 7) is 2.02. The van der Waals surface area contributed by atoms with Crippen molar-refractivity contribution in [2.75, 3.05) is 26.7 Å². The van der Waals surface area contributed by atoms with Crippen molar-refractivity contribution < 1.29 is 9.53 Å². The maximum absolute atomic E-state index is 12.4. The average Bonchev–Trinajstić information content (AvgIpc) is 2.88. The van der Waals surface area contributed by atoms with Gasteiger partial charge in [-0.05, 0) is 31.0 Å². The molecule has 18 heavy (non-hydrogen) atoms.